The van der Waals surface area contributed by atoms with E-state index >= 15 is 0 Å². The van der Waals surface area contributed by atoms with Crippen molar-refractivity contribution in [1.29, 1.82) is 0 Å². The normalized spacial score (nSPS) is 10.5. The van der Waals surface area contributed by atoms with Crippen LogP contribution < -0.4 is 0 Å². The lowest BCUT2D eigenvalue weighted by atomic mass is 10.0. The maximum atomic E-state index is 3.35. The lowest BCUT2D eigenvalue weighted by molar-refractivity contribution is 1.28. The number of fused-ring (bicyclic) bond motifs is 1. The highest BCUT2D eigenvalue weighted by Gasteiger charge is 1.97. The van der Waals surface area contributed by atoms with Gasteiger partial charge in [-0.1, -0.05) is 58.4 Å². The molecule has 0 N–H and O–H groups in total. The summed E-state index contributed by atoms with van der Waals surface area (Å²) in [6.45, 7) is 0. The van der Waals surface area contributed by atoms with E-state index in [0.717, 1.165) is 6.42 Å². The fourth-order valence-electron chi connectivity index (χ4n) is 1.55. The highest BCUT2D eigenvalue weighted by Crippen LogP contribution is 2.19. The number of benzene rings is 2. The van der Waals surface area contributed by atoms with E-state index in [1.165, 1.54) is 16.3 Å². The van der Waals surface area contributed by atoms with Gasteiger partial charge in [-0.05, 0) is 22.8 Å². The minimum Gasteiger partial charge on any atom is -0.0875 e. The van der Waals surface area contributed by atoms with Gasteiger partial charge in [0.25, 0.3) is 0 Å². The first kappa shape index (κ1) is 8.76. The highest BCUT2D eigenvalue weighted by molar-refractivity contribution is 9.10. The van der Waals surface area contributed by atoms with Gasteiger partial charge >= 0.3 is 0 Å². The average Bonchev–Trinajstić information content (AvgIpc) is 2.19. The Morgan fingerprint density at radius 3 is 2.62 bits per heavy atom. The quantitative estimate of drug-likeness (QED) is 0.738. The van der Waals surface area contributed by atoms with Crippen molar-refractivity contribution >= 4 is 26.7 Å². The van der Waals surface area contributed by atoms with Crippen molar-refractivity contribution in [1.82, 2.24) is 0 Å². The van der Waals surface area contributed by atoms with Gasteiger partial charge in [-0.2, -0.15) is 0 Å². The summed E-state index contributed by atoms with van der Waals surface area (Å²) in [7, 11) is 0. The monoisotopic (exact) mass is 233 g/mol. The van der Waals surface area contributed by atoms with Crippen LogP contribution in [0, 0.1) is 5.33 Å². The molecule has 0 unspecified atom stereocenters. The summed E-state index contributed by atoms with van der Waals surface area (Å²) in [5.41, 5.74) is 1.37. The van der Waals surface area contributed by atoms with Gasteiger partial charge in [-0.3, -0.25) is 0 Å². The first-order valence-electron chi connectivity index (χ1n) is 4.30. The Balaban J connectivity index is 2.61. The molecule has 0 aliphatic heterocycles. The number of hydrogen-bond acceptors (Lipinski definition) is 0. The molecule has 0 saturated carbocycles. The van der Waals surface area contributed by atoms with Crippen LogP contribution in [-0.2, 0) is 6.42 Å². The number of rotatable bonds is 2. The van der Waals surface area contributed by atoms with Gasteiger partial charge in [-0.15, -0.1) is 0 Å². The molecule has 65 valence electrons. The maximum Gasteiger partial charge on any atom is 0.0314 e. The van der Waals surface area contributed by atoms with Crippen LogP contribution in [0.15, 0.2) is 42.5 Å². The molecule has 2 rings (SSSR count). The summed E-state index contributed by atoms with van der Waals surface area (Å²) in [4.78, 5) is 0. The first-order valence-corrected chi connectivity index (χ1v) is 5.22. The van der Waals surface area contributed by atoms with E-state index < -0.39 is 0 Å². The SMILES string of the molecule is Br[CH]Cc1cccc2ccccc12. The van der Waals surface area contributed by atoms with Crippen LogP contribution in [-0.4, -0.2) is 0 Å². The third-order valence-corrected chi connectivity index (χ3v) is 2.50. The van der Waals surface area contributed by atoms with Crippen LogP contribution in [0.25, 0.3) is 10.8 Å². The van der Waals surface area contributed by atoms with Crippen molar-refractivity contribution in [3.8, 4) is 0 Å². The van der Waals surface area contributed by atoms with Gasteiger partial charge in [0, 0.05) is 5.33 Å². The van der Waals surface area contributed by atoms with Crippen molar-refractivity contribution in [3.05, 3.63) is 53.4 Å². The van der Waals surface area contributed by atoms with E-state index in [9.17, 15) is 0 Å². The summed E-state index contributed by atoms with van der Waals surface area (Å²) in [6.07, 6.45) is 0.974. The van der Waals surface area contributed by atoms with Crippen LogP contribution in [0.5, 0.6) is 0 Å². The van der Waals surface area contributed by atoms with Gasteiger partial charge < -0.3 is 0 Å². The molecule has 0 saturated heterocycles. The molecule has 0 spiro atoms. The molecule has 0 fully saturated rings. The van der Waals surface area contributed by atoms with E-state index in [0.29, 0.717) is 0 Å². The zero-order chi connectivity index (χ0) is 9.10. The van der Waals surface area contributed by atoms with E-state index in [1.807, 2.05) is 5.33 Å². The molecule has 13 heavy (non-hydrogen) atoms. The van der Waals surface area contributed by atoms with E-state index in [-0.39, 0.29) is 0 Å². The molecule has 1 radical (unpaired) electrons. The zero-order valence-corrected chi connectivity index (χ0v) is 8.79. The fraction of sp³-hybridized carbons (Fsp3) is 0.0833. The smallest absolute Gasteiger partial charge is 0.0314 e. The van der Waals surface area contributed by atoms with Gasteiger partial charge in [0.05, 0.1) is 0 Å². The summed E-state index contributed by atoms with van der Waals surface area (Å²) >= 11 is 3.35. The summed E-state index contributed by atoms with van der Waals surface area (Å²) in [5.74, 6) is 0. The zero-order valence-electron chi connectivity index (χ0n) is 7.20. The highest BCUT2D eigenvalue weighted by atomic mass is 79.9. The summed E-state index contributed by atoms with van der Waals surface area (Å²) in [5, 5.41) is 4.67. The lowest BCUT2D eigenvalue weighted by Crippen LogP contribution is -1.84. The van der Waals surface area contributed by atoms with Crippen molar-refractivity contribution in [2.75, 3.05) is 0 Å². The van der Waals surface area contributed by atoms with E-state index in [1.54, 1.807) is 0 Å². The van der Waals surface area contributed by atoms with E-state index in [2.05, 4.69) is 58.4 Å². The Labute approximate surface area is 86.7 Å². The topological polar surface area (TPSA) is 0 Å². The molecule has 1 heteroatoms. The molecule has 0 heterocycles. The molecule has 2 aromatic rings. The van der Waals surface area contributed by atoms with Gasteiger partial charge in [-0.25, -0.2) is 0 Å². The molecule has 0 aliphatic carbocycles. The molecule has 0 bridgehead atoms. The Bertz CT molecular complexity index is 401. The van der Waals surface area contributed by atoms with E-state index in [4.69, 9.17) is 0 Å². The van der Waals surface area contributed by atoms with Gasteiger partial charge in [0.15, 0.2) is 0 Å². The fourth-order valence-corrected chi connectivity index (χ4v) is 1.90. The number of halogens is 1. The first-order chi connectivity index (χ1) is 6.42. The minimum atomic E-state index is 0.974. The second-order valence-electron chi connectivity index (χ2n) is 3.00. The minimum absolute atomic E-state index is 0.974. The largest absolute Gasteiger partial charge is 0.0875 e. The van der Waals surface area contributed by atoms with Crippen molar-refractivity contribution < 1.29 is 0 Å². The van der Waals surface area contributed by atoms with Crippen LogP contribution >= 0.6 is 15.9 Å². The second-order valence-corrected chi connectivity index (χ2v) is 3.64. The van der Waals surface area contributed by atoms with Crippen molar-refractivity contribution in [2.45, 2.75) is 6.42 Å². The standard InChI is InChI=1S/C12H10Br/c13-9-8-11-6-3-5-10-4-1-2-7-12(10)11/h1-7,9H,8H2. The molecule has 0 nitrogen and oxygen atoms in total. The lowest BCUT2D eigenvalue weighted by Gasteiger charge is -2.03. The number of hydrogen-bond donors (Lipinski definition) is 0. The summed E-state index contributed by atoms with van der Waals surface area (Å²) < 4.78 is 0. The average molecular weight is 234 g/mol. The van der Waals surface area contributed by atoms with Crippen LogP contribution in [0.2, 0.25) is 0 Å². The molecule has 0 atom stereocenters. The molecular formula is C12H10Br. The molecule has 0 amide bonds. The third-order valence-electron chi connectivity index (χ3n) is 2.18. The Kier molecular flexibility index (Phi) is 2.65. The molecule has 2 aromatic carbocycles. The Morgan fingerprint density at radius 2 is 1.77 bits per heavy atom. The van der Waals surface area contributed by atoms with Crippen LogP contribution in [0.3, 0.4) is 0 Å². The van der Waals surface area contributed by atoms with Gasteiger partial charge in [0.2, 0.25) is 0 Å². The van der Waals surface area contributed by atoms with Crippen LogP contribution in [0.1, 0.15) is 5.56 Å². The molecular weight excluding hydrogens is 224 g/mol. The maximum absolute atomic E-state index is 3.35. The predicted octanol–water partition coefficient (Wildman–Crippen LogP) is 3.94. The third kappa shape index (κ3) is 1.75. The second kappa shape index (κ2) is 3.93. The van der Waals surface area contributed by atoms with Crippen molar-refractivity contribution in [3.63, 3.8) is 0 Å². The Morgan fingerprint density at radius 1 is 1.00 bits per heavy atom. The predicted molar refractivity (Wildman–Crippen MR) is 60.9 cm³/mol. The summed E-state index contributed by atoms with van der Waals surface area (Å²) in [6, 6.07) is 14.9. The van der Waals surface area contributed by atoms with Crippen molar-refractivity contribution in [2.24, 2.45) is 0 Å². The molecule has 0 aromatic heterocycles. The van der Waals surface area contributed by atoms with Crippen LogP contribution in [0.4, 0.5) is 0 Å². The van der Waals surface area contributed by atoms with Gasteiger partial charge in [0.1, 0.15) is 0 Å². The Hall–Kier alpha value is -0.820. The molecule has 0 aliphatic rings.